The molecule has 0 bridgehead atoms. The Labute approximate surface area is 228 Å². The van der Waals surface area contributed by atoms with Crippen LogP contribution in [0.1, 0.15) is 42.9 Å². The fourth-order valence-corrected chi connectivity index (χ4v) is 4.77. The molecular weight excluding hydrogens is 521 g/mol. The predicted molar refractivity (Wildman–Crippen MR) is 145 cm³/mol. The van der Waals surface area contributed by atoms with Gasteiger partial charge in [0.25, 0.3) is 11.8 Å². The number of nitrogens with one attached hydrogen (secondary N) is 1. The van der Waals surface area contributed by atoms with E-state index in [9.17, 15) is 18.8 Å². The Morgan fingerprint density at radius 3 is 2.36 bits per heavy atom. The highest BCUT2D eigenvalue weighted by atomic mass is 32.1. The van der Waals surface area contributed by atoms with E-state index in [1.807, 2.05) is 30.3 Å². The van der Waals surface area contributed by atoms with Gasteiger partial charge in [-0.05, 0) is 52.5 Å². The third kappa shape index (κ3) is 6.39. The van der Waals surface area contributed by atoms with Crippen LogP contribution in [0.5, 0.6) is 5.75 Å². The molecule has 0 aliphatic rings. The highest BCUT2D eigenvalue weighted by Crippen LogP contribution is 2.31. The summed E-state index contributed by atoms with van der Waals surface area (Å²) in [5.74, 6) is -1.96. The number of rotatable bonds is 10. The average molecular weight is 548 g/mol. The summed E-state index contributed by atoms with van der Waals surface area (Å²) in [6, 6.07) is 20.4. The molecule has 0 saturated carbocycles. The summed E-state index contributed by atoms with van der Waals surface area (Å²) in [5, 5.41) is 2.88. The Morgan fingerprint density at radius 2 is 1.72 bits per heavy atom. The molecule has 0 aliphatic carbocycles. The highest BCUT2D eigenvalue weighted by molar-refractivity contribution is 7.09. The van der Waals surface area contributed by atoms with Crippen molar-refractivity contribution >= 4 is 34.9 Å². The van der Waals surface area contributed by atoms with Gasteiger partial charge >= 0.3 is 0 Å². The molecule has 5 N–H and O–H groups in total. The van der Waals surface area contributed by atoms with Gasteiger partial charge in [-0.25, -0.2) is 4.39 Å². The fourth-order valence-electron chi connectivity index (χ4n) is 4.01. The molecule has 4 aromatic rings. The number of ether oxygens (including phenoxy) is 1. The topological polar surface area (TPSA) is 141 Å². The molecule has 1 heterocycles. The molecule has 0 aliphatic heterocycles. The number of amides is 3. The standard InChI is InChI=1S/C28H26FN5O4S/c1-38-21-9-5-8-18(14-21)16-34(28(37)25-22(30)23(26(31)35)33-39-25)24(19-10-12-20(29)13-11-19)27(36)32-15-17-6-3-2-4-7-17/h2-14,24H,15-16,30H2,1H3,(H2,31,35)(H,32,36)/t24-/m1/s1. The first-order valence-electron chi connectivity index (χ1n) is 11.8. The number of benzene rings is 3. The Bertz CT molecular complexity index is 1480. The lowest BCUT2D eigenvalue weighted by Gasteiger charge is -2.31. The lowest BCUT2D eigenvalue weighted by molar-refractivity contribution is -0.126. The first-order valence-corrected chi connectivity index (χ1v) is 12.6. The van der Waals surface area contributed by atoms with Gasteiger partial charge in [-0.1, -0.05) is 54.6 Å². The molecule has 39 heavy (non-hydrogen) atoms. The van der Waals surface area contributed by atoms with E-state index >= 15 is 0 Å². The molecule has 0 radical (unpaired) electrons. The van der Waals surface area contributed by atoms with Crippen LogP contribution < -0.4 is 21.5 Å². The molecule has 3 aromatic carbocycles. The molecule has 200 valence electrons. The van der Waals surface area contributed by atoms with Crippen molar-refractivity contribution in [3.05, 3.63) is 112 Å². The van der Waals surface area contributed by atoms with Gasteiger partial charge in [-0.15, -0.1) is 0 Å². The summed E-state index contributed by atoms with van der Waals surface area (Å²) in [6.45, 7) is 0.160. The molecule has 1 atom stereocenters. The van der Waals surface area contributed by atoms with Crippen LogP contribution in [-0.2, 0) is 17.9 Å². The number of methoxy groups -OCH3 is 1. The van der Waals surface area contributed by atoms with Crippen molar-refractivity contribution in [1.29, 1.82) is 0 Å². The van der Waals surface area contributed by atoms with Gasteiger partial charge < -0.3 is 26.4 Å². The van der Waals surface area contributed by atoms with Crippen molar-refractivity contribution < 1.29 is 23.5 Å². The molecule has 0 fully saturated rings. The molecule has 9 nitrogen and oxygen atoms in total. The van der Waals surface area contributed by atoms with Crippen molar-refractivity contribution in [1.82, 2.24) is 14.6 Å². The number of aromatic nitrogens is 1. The third-order valence-corrected chi connectivity index (χ3v) is 6.81. The second kappa shape index (κ2) is 12.2. The van der Waals surface area contributed by atoms with E-state index in [0.717, 1.165) is 5.56 Å². The summed E-state index contributed by atoms with van der Waals surface area (Å²) >= 11 is 0.713. The highest BCUT2D eigenvalue weighted by Gasteiger charge is 2.35. The van der Waals surface area contributed by atoms with Crippen molar-refractivity contribution in [2.45, 2.75) is 19.1 Å². The van der Waals surface area contributed by atoms with Crippen molar-refractivity contribution in [2.75, 3.05) is 12.8 Å². The molecule has 11 heteroatoms. The van der Waals surface area contributed by atoms with Crippen LogP contribution in [0.15, 0.2) is 78.9 Å². The number of primary amides is 1. The molecule has 0 unspecified atom stereocenters. The quantitative estimate of drug-likeness (QED) is 0.277. The molecule has 0 spiro atoms. The minimum Gasteiger partial charge on any atom is -0.497 e. The summed E-state index contributed by atoms with van der Waals surface area (Å²) in [5.41, 5.74) is 12.9. The maximum Gasteiger partial charge on any atom is 0.270 e. The predicted octanol–water partition coefficient (Wildman–Crippen LogP) is 3.67. The summed E-state index contributed by atoms with van der Waals surface area (Å²) in [7, 11) is 1.52. The Morgan fingerprint density at radius 1 is 1.03 bits per heavy atom. The SMILES string of the molecule is COc1cccc(CN(C(=O)c2snc(C(N)=O)c2N)[C@@H](C(=O)NCc2ccccc2)c2ccc(F)cc2)c1. The van der Waals surface area contributed by atoms with Gasteiger partial charge in [-0.3, -0.25) is 14.4 Å². The van der Waals surface area contributed by atoms with E-state index in [-0.39, 0.29) is 29.3 Å². The number of anilines is 1. The Balaban J connectivity index is 1.79. The van der Waals surface area contributed by atoms with Crippen molar-refractivity contribution in [2.24, 2.45) is 5.73 Å². The Kier molecular flexibility index (Phi) is 8.52. The average Bonchev–Trinajstić information content (AvgIpc) is 3.34. The van der Waals surface area contributed by atoms with E-state index in [1.54, 1.807) is 24.3 Å². The lowest BCUT2D eigenvalue weighted by Crippen LogP contribution is -2.43. The smallest absolute Gasteiger partial charge is 0.270 e. The summed E-state index contributed by atoms with van der Waals surface area (Å²) < 4.78 is 23.1. The number of carbonyl (C=O) groups is 3. The molecule has 4 rings (SSSR count). The molecule has 0 saturated heterocycles. The van der Waals surface area contributed by atoms with Crippen LogP contribution in [0.4, 0.5) is 10.1 Å². The maximum atomic E-state index is 14.0. The van der Waals surface area contributed by atoms with E-state index in [1.165, 1.54) is 36.3 Å². The van der Waals surface area contributed by atoms with Crippen molar-refractivity contribution in [3.8, 4) is 5.75 Å². The summed E-state index contributed by atoms with van der Waals surface area (Å²) in [6.07, 6.45) is 0. The van der Waals surface area contributed by atoms with Crippen LogP contribution in [-0.4, -0.2) is 34.1 Å². The fraction of sp³-hybridized carbons (Fsp3) is 0.143. The van der Waals surface area contributed by atoms with Gasteiger partial charge in [0, 0.05) is 13.1 Å². The van der Waals surface area contributed by atoms with Crippen LogP contribution in [0.25, 0.3) is 0 Å². The van der Waals surface area contributed by atoms with Gasteiger partial charge in [0.05, 0.1) is 12.8 Å². The number of nitrogens with two attached hydrogens (primary N) is 2. The largest absolute Gasteiger partial charge is 0.497 e. The summed E-state index contributed by atoms with van der Waals surface area (Å²) in [4.78, 5) is 40.8. The van der Waals surface area contributed by atoms with Crippen LogP contribution in [0.2, 0.25) is 0 Å². The first-order chi connectivity index (χ1) is 18.8. The number of halogens is 1. The first kappa shape index (κ1) is 27.3. The second-order valence-electron chi connectivity index (χ2n) is 8.58. The number of hydrogen-bond donors (Lipinski definition) is 3. The zero-order chi connectivity index (χ0) is 27.9. The van der Waals surface area contributed by atoms with E-state index in [4.69, 9.17) is 16.2 Å². The molecule has 3 amide bonds. The van der Waals surface area contributed by atoms with Crippen LogP contribution >= 0.6 is 11.5 Å². The van der Waals surface area contributed by atoms with E-state index in [0.29, 0.717) is 28.4 Å². The van der Waals surface area contributed by atoms with Gasteiger partial charge in [0.15, 0.2) is 5.69 Å². The van der Waals surface area contributed by atoms with Gasteiger partial charge in [0.2, 0.25) is 5.91 Å². The van der Waals surface area contributed by atoms with Gasteiger partial charge in [-0.2, -0.15) is 4.37 Å². The lowest BCUT2D eigenvalue weighted by atomic mass is 10.0. The number of nitrogen functional groups attached to an aromatic ring is 1. The number of nitrogens with zero attached hydrogens (tertiary/aromatic N) is 2. The monoisotopic (exact) mass is 547 g/mol. The minimum atomic E-state index is -1.19. The van der Waals surface area contributed by atoms with E-state index in [2.05, 4.69) is 9.69 Å². The normalized spacial score (nSPS) is 11.4. The Hall–Kier alpha value is -4.77. The third-order valence-electron chi connectivity index (χ3n) is 5.96. The zero-order valence-electron chi connectivity index (χ0n) is 21.0. The van der Waals surface area contributed by atoms with Crippen LogP contribution in [0.3, 0.4) is 0 Å². The molecular formula is C28H26FN5O4S. The number of hydrogen-bond acceptors (Lipinski definition) is 7. The van der Waals surface area contributed by atoms with Gasteiger partial charge in [0.1, 0.15) is 22.5 Å². The minimum absolute atomic E-state index is 0.0416. The zero-order valence-corrected chi connectivity index (χ0v) is 21.8. The van der Waals surface area contributed by atoms with E-state index < -0.39 is 29.6 Å². The van der Waals surface area contributed by atoms with Crippen molar-refractivity contribution in [3.63, 3.8) is 0 Å². The number of carbonyl (C=O) groups excluding carboxylic acids is 3. The van der Waals surface area contributed by atoms with Crippen LogP contribution in [0, 0.1) is 5.82 Å². The second-order valence-corrected chi connectivity index (χ2v) is 9.35. The maximum absolute atomic E-state index is 14.0. The molecule has 1 aromatic heterocycles.